The van der Waals surface area contributed by atoms with E-state index in [1.54, 1.807) is 0 Å². The van der Waals surface area contributed by atoms with Crippen molar-refractivity contribution in [1.29, 1.82) is 0 Å². The van der Waals surface area contributed by atoms with Crippen LogP contribution in [-0.4, -0.2) is 24.3 Å². The molecule has 1 unspecified atom stereocenters. The Kier molecular flexibility index (Phi) is 5.23. The molecule has 0 fully saturated rings. The van der Waals surface area contributed by atoms with E-state index in [2.05, 4.69) is 42.7 Å². The molecule has 0 saturated heterocycles. The molecule has 1 heterocycles. The largest absolute Gasteiger partial charge is 0.392 e. The summed E-state index contributed by atoms with van der Waals surface area (Å²) in [6, 6.07) is 6.48. The zero-order valence-electron chi connectivity index (χ0n) is 12.1. The van der Waals surface area contributed by atoms with Crippen molar-refractivity contribution in [2.75, 3.05) is 18.4 Å². The molecular weight excluding hydrogens is 236 g/mol. The Morgan fingerprint density at radius 2 is 2.11 bits per heavy atom. The molecule has 1 aliphatic rings. The van der Waals surface area contributed by atoms with Crippen LogP contribution in [-0.2, 0) is 13.0 Å². The van der Waals surface area contributed by atoms with Crippen molar-refractivity contribution in [3.63, 3.8) is 0 Å². The standard InChI is InChI=1S/C16H26N2O/c1-3-12(4-2)15(19)11-17-10-14-7-5-6-13-8-9-18-16(13)14/h5-7,12,15,17-19H,3-4,8-11H2,1-2H3. The van der Waals surface area contributed by atoms with E-state index in [1.807, 2.05) is 0 Å². The molecule has 1 aromatic rings. The normalized spacial score (nSPS) is 15.4. The first kappa shape index (κ1) is 14.4. The highest BCUT2D eigenvalue weighted by Crippen LogP contribution is 2.26. The van der Waals surface area contributed by atoms with Gasteiger partial charge in [0.1, 0.15) is 0 Å². The molecule has 0 saturated carbocycles. The van der Waals surface area contributed by atoms with E-state index in [9.17, 15) is 5.11 Å². The Balaban J connectivity index is 1.85. The number of fused-ring (bicyclic) bond motifs is 1. The summed E-state index contributed by atoms with van der Waals surface area (Å²) in [7, 11) is 0. The first-order valence-corrected chi connectivity index (χ1v) is 7.49. The molecular formula is C16H26N2O. The van der Waals surface area contributed by atoms with Crippen LogP contribution in [0.4, 0.5) is 5.69 Å². The zero-order valence-corrected chi connectivity index (χ0v) is 12.1. The second-order valence-corrected chi connectivity index (χ2v) is 5.40. The fourth-order valence-electron chi connectivity index (χ4n) is 2.91. The summed E-state index contributed by atoms with van der Waals surface area (Å²) in [5, 5.41) is 16.9. The third-order valence-electron chi connectivity index (χ3n) is 4.19. The van der Waals surface area contributed by atoms with Gasteiger partial charge in [-0.2, -0.15) is 0 Å². The molecule has 1 aromatic carbocycles. The summed E-state index contributed by atoms with van der Waals surface area (Å²) in [5.41, 5.74) is 4.03. The number of hydrogen-bond acceptors (Lipinski definition) is 3. The molecule has 0 aromatic heterocycles. The smallest absolute Gasteiger partial charge is 0.0692 e. The van der Waals surface area contributed by atoms with Crippen LogP contribution in [0.25, 0.3) is 0 Å². The Labute approximate surface area is 116 Å². The molecule has 1 atom stereocenters. The van der Waals surface area contributed by atoms with Gasteiger partial charge in [-0.1, -0.05) is 44.9 Å². The van der Waals surface area contributed by atoms with Gasteiger partial charge in [-0.15, -0.1) is 0 Å². The number of nitrogens with one attached hydrogen (secondary N) is 2. The Morgan fingerprint density at radius 3 is 2.84 bits per heavy atom. The maximum atomic E-state index is 10.1. The van der Waals surface area contributed by atoms with E-state index in [0.29, 0.717) is 12.5 Å². The summed E-state index contributed by atoms with van der Waals surface area (Å²) in [4.78, 5) is 0. The Bertz CT molecular complexity index is 402. The van der Waals surface area contributed by atoms with Crippen LogP contribution in [0.15, 0.2) is 18.2 Å². The van der Waals surface area contributed by atoms with Gasteiger partial charge in [0.25, 0.3) is 0 Å². The van der Waals surface area contributed by atoms with Gasteiger partial charge in [-0.25, -0.2) is 0 Å². The number of aliphatic hydroxyl groups excluding tert-OH is 1. The van der Waals surface area contributed by atoms with E-state index < -0.39 is 0 Å². The minimum absolute atomic E-state index is 0.236. The van der Waals surface area contributed by atoms with E-state index in [1.165, 1.54) is 16.8 Å². The van der Waals surface area contributed by atoms with Crippen molar-refractivity contribution in [2.24, 2.45) is 5.92 Å². The second kappa shape index (κ2) is 6.92. The number of rotatable bonds is 7. The summed E-state index contributed by atoms with van der Waals surface area (Å²) in [5.74, 6) is 0.409. The minimum atomic E-state index is -0.236. The number of benzene rings is 1. The molecule has 0 aliphatic carbocycles. The van der Waals surface area contributed by atoms with Gasteiger partial charge in [-0.05, 0) is 23.5 Å². The molecule has 106 valence electrons. The maximum Gasteiger partial charge on any atom is 0.0692 e. The number of anilines is 1. The highest BCUT2D eigenvalue weighted by molar-refractivity contribution is 5.61. The van der Waals surface area contributed by atoms with Gasteiger partial charge in [0.2, 0.25) is 0 Å². The molecule has 3 N–H and O–H groups in total. The van der Waals surface area contributed by atoms with Crippen LogP contribution in [0.5, 0.6) is 0 Å². The highest BCUT2D eigenvalue weighted by atomic mass is 16.3. The molecule has 1 aliphatic heterocycles. The van der Waals surface area contributed by atoms with Gasteiger partial charge >= 0.3 is 0 Å². The van der Waals surface area contributed by atoms with Crippen LogP contribution in [0.3, 0.4) is 0 Å². The molecule has 0 amide bonds. The molecule has 3 nitrogen and oxygen atoms in total. The molecule has 0 spiro atoms. The quantitative estimate of drug-likeness (QED) is 0.707. The first-order chi connectivity index (χ1) is 9.26. The molecule has 0 radical (unpaired) electrons. The number of para-hydroxylation sites is 1. The van der Waals surface area contributed by atoms with Gasteiger partial charge in [-0.3, -0.25) is 0 Å². The van der Waals surface area contributed by atoms with Crippen LogP contribution < -0.4 is 10.6 Å². The van der Waals surface area contributed by atoms with Gasteiger partial charge in [0.05, 0.1) is 6.10 Å². The van der Waals surface area contributed by atoms with Crippen LogP contribution in [0.1, 0.15) is 37.8 Å². The van der Waals surface area contributed by atoms with Gasteiger partial charge in [0.15, 0.2) is 0 Å². The number of hydrogen-bond donors (Lipinski definition) is 3. The molecule has 3 heteroatoms. The lowest BCUT2D eigenvalue weighted by molar-refractivity contribution is 0.101. The van der Waals surface area contributed by atoms with Crippen LogP contribution in [0.2, 0.25) is 0 Å². The summed E-state index contributed by atoms with van der Waals surface area (Å²) in [6.07, 6.45) is 2.97. The lowest BCUT2D eigenvalue weighted by Gasteiger charge is -2.20. The fourth-order valence-corrected chi connectivity index (χ4v) is 2.91. The Morgan fingerprint density at radius 1 is 1.32 bits per heavy atom. The van der Waals surface area contributed by atoms with Crippen LogP contribution >= 0.6 is 0 Å². The zero-order chi connectivity index (χ0) is 13.7. The topological polar surface area (TPSA) is 44.3 Å². The van der Waals surface area contributed by atoms with E-state index in [0.717, 1.165) is 32.4 Å². The maximum absolute atomic E-state index is 10.1. The monoisotopic (exact) mass is 262 g/mol. The lowest BCUT2D eigenvalue weighted by atomic mass is 9.96. The van der Waals surface area contributed by atoms with E-state index >= 15 is 0 Å². The lowest BCUT2D eigenvalue weighted by Crippen LogP contribution is -2.32. The number of aliphatic hydroxyl groups is 1. The average Bonchev–Trinajstić information content (AvgIpc) is 2.89. The third kappa shape index (κ3) is 3.48. The average molecular weight is 262 g/mol. The predicted molar refractivity (Wildman–Crippen MR) is 80.4 cm³/mol. The highest BCUT2D eigenvalue weighted by Gasteiger charge is 2.16. The second-order valence-electron chi connectivity index (χ2n) is 5.40. The predicted octanol–water partition coefficient (Wildman–Crippen LogP) is 2.54. The SMILES string of the molecule is CCC(CC)C(O)CNCc1cccc2c1NCC2. The van der Waals surface area contributed by atoms with E-state index in [-0.39, 0.29) is 6.10 Å². The first-order valence-electron chi connectivity index (χ1n) is 7.49. The van der Waals surface area contributed by atoms with Crippen LogP contribution in [0, 0.1) is 5.92 Å². The van der Waals surface area contributed by atoms with Crippen molar-refractivity contribution in [3.05, 3.63) is 29.3 Å². The Hall–Kier alpha value is -1.06. The third-order valence-corrected chi connectivity index (χ3v) is 4.19. The van der Waals surface area contributed by atoms with Crippen molar-refractivity contribution >= 4 is 5.69 Å². The summed E-state index contributed by atoms with van der Waals surface area (Å²) in [6.45, 7) is 6.84. The van der Waals surface area contributed by atoms with E-state index in [4.69, 9.17) is 0 Å². The van der Waals surface area contributed by atoms with Crippen molar-refractivity contribution < 1.29 is 5.11 Å². The molecule has 19 heavy (non-hydrogen) atoms. The fraction of sp³-hybridized carbons (Fsp3) is 0.625. The van der Waals surface area contributed by atoms with Gasteiger partial charge in [0, 0.05) is 25.3 Å². The molecule has 2 rings (SSSR count). The minimum Gasteiger partial charge on any atom is -0.392 e. The van der Waals surface area contributed by atoms with Crippen molar-refractivity contribution in [1.82, 2.24) is 5.32 Å². The van der Waals surface area contributed by atoms with Crippen molar-refractivity contribution in [3.8, 4) is 0 Å². The van der Waals surface area contributed by atoms with Crippen molar-refractivity contribution in [2.45, 2.75) is 45.8 Å². The summed E-state index contributed by atoms with van der Waals surface area (Å²) >= 11 is 0. The summed E-state index contributed by atoms with van der Waals surface area (Å²) < 4.78 is 0. The molecule has 0 bridgehead atoms. The van der Waals surface area contributed by atoms with Gasteiger partial charge < -0.3 is 15.7 Å².